The maximum Gasteiger partial charge on any atom is 0.0621 e. The van der Waals surface area contributed by atoms with E-state index >= 15 is 0 Å². The third-order valence-electron chi connectivity index (χ3n) is 3.35. The Labute approximate surface area is 135 Å². The van der Waals surface area contributed by atoms with Crippen molar-refractivity contribution in [3.63, 3.8) is 0 Å². The van der Waals surface area contributed by atoms with Crippen LogP contribution < -0.4 is 0 Å². The molecule has 20 heavy (non-hydrogen) atoms. The molecule has 0 N–H and O–H groups in total. The third kappa shape index (κ3) is 20.6. The van der Waals surface area contributed by atoms with Crippen molar-refractivity contribution in [3.8, 4) is 6.07 Å². The van der Waals surface area contributed by atoms with Crippen LogP contribution in [0.25, 0.3) is 5.73 Å². The van der Waals surface area contributed by atoms with Crippen molar-refractivity contribution < 1.29 is 0 Å². The molecular formula is C17H35N2Sn. The number of hydrogen-bond acceptors (Lipinski definition) is 1. The van der Waals surface area contributed by atoms with Crippen molar-refractivity contribution in [2.45, 2.75) is 91.9 Å². The largest absolute Gasteiger partial charge is 0.808 e. The van der Waals surface area contributed by atoms with Gasteiger partial charge < -0.3 is 5.73 Å². The van der Waals surface area contributed by atoms with E-state index in [9.17, 15) is 0 Å². The summed E-state index contributed by atoms with van der Waals surface area (Å²) in [6.45, 7) is 7.21. The summed E-state index contributed by atoms with van der Waals surface area (Å²) < 4.78 is 5.04. The summed E-state index contributed by atoms with van der Waals surface area (Å²) in [5.74, 6) is 0. The fourth-order valence-electron chi connectivity index (χ4n) is 1.97. The Morgan fingerprint density at radius 1 is 0.800 bits per heavy atom. The second kappa shape index (κ2) is 21.5. The van der Waals surface area contributed by atoms with E-state index in [1.165, 1.54) is 38.5 Å². The van der Waals surface area contributed by atoms with Gasteiger partial charge in [0.25, 0.3) is 0 Å². The number of nitrogens with zero attached hydrogens (tertiary/aromatic N) is 2. The predicted molar refractivity (Wildman–Crippen MR) is 92.6 cm³/mol. The van der Waals surface area contributed by atoms with Crippen LogP contribution in [0.4, 0.5) is 0 Å². The van der Waals surface area contributed by atoms with Gasteiger partial charge in [0, 0.05) is 6.42 Å². The van der Waals surface area contributed by atoms with Crippen LogP contribution in [0.15, 0.2) is 0 Å². The molecule has 2 nitrogen and oxygen atoms in total. The molecule has 0 amide bonds. The molecule has 0 saturated heterocycles. The van der Waals surface area contributed by atoms with Gasteiger partial charge in [-0.1, -0.05) is 6.42 Å². The van der Waals surface area contributed by atoms with E-state index in [4.69, 9.17) is 11.0 Å². The summed E-state index contributed by atoms with van der Waals surface area (Å²) in [5, 5.41) is 7.96. The standard InChI is InChI=1S/C5H8N2.3C4H9.Sn/c6-4-2-1-3-5-7;3*1-3-4-2;/h1-4H2;3*1,3-4H2,2H3;/q-1;;;;+1. The molecule has 0 unspecified atom stereocenters. The van der Waals surface area contributed by atoms with Crippen molar-refractivity contribution in [2.75, 3.05) is 6.54 Å². The summed E-state index contributed by atoms with van der Waals surface area (Å²) in [7, 11) is 0. The van der Waals surface area contributed by atoms with Crippen molar-refractivity contribution in [3.05, 3.63) is 5.73 Å². The average Bonchev–Trinajstić information content (AvgIpc) is 2.48. The van der Waals surface area contributed by atoms with E-state index < -0.39 is 19.8 Å². The average molecular weight is 386 g/mol. The number of rotatable bonds is 12. The molecule has 0 spiro atoms. The van der Waals surface area contributed by atoms with Crippen molar-refractivity contribution in [1.29, 1.82) is 5.26 Å². The van der Waals surface area contributed by atoms with Gasteiger partial charge >= 0.3 is 92.4 Å². The van der Waals surface area contributed by atoms with E-state index in [2.05, 4.69) is 20.8 Å². The minimum Gasteiger partial charge on any atom is -0.808 e. The Morgan fingerprint density at radius 2 is 1.25 bits per heavy atom. The molecule has 0 bridgehead atoms. The molecule has 0 rings (SSSR count). The first-order valence-corrected chi connectivity index (χ1v) is 14.6. The summed E-state index contributed by atoms with van der Waals surface area (Å²) >= 11 is -0.839. The van der Waals surface area contributed by atoms with Gasteiger partial charge in [0.1, 0.15) is 0 Å². The molecule has 0 atom stereocenters. The quantitative estimate of drug-likeness (QED) is 0.283. The Morgan fingerprint density at radius 3 is 1.55 bits per heavy atom. The van der Waals surface area contributed by atoms with Gasteiger partial charge in [0.05, 0.1) is 6.07 Å². The molecule has 0 aliphatic rings. The number of hydrogen-bond donors (Lipinski definition) is 0. The Bertz CT molecular complexity index is 183. The van der Waals surface area contributed by atoms with Crippen LogP contribution in [-0.2, 0) is 0 Å². The Balaban J connectivity index is 0. The zero-order valence-corrected chi connectivity index (χ0v) is 16.9. The first-order chi connectivity index (χ1) is 9.76. The second-order valence-corrected chi connectivity index (χ2v) is 14.0. The SMILES string of the molecule is CCC[CH2][Sn+]([CH2]CCC)[CH2]CCC.N#CCCCC[N-]. The van der Waals surface area contributed by atoms with Crippen LogP contribution in [0.5, 0.6) is 0 Å². The minimum absolute atomic E-state index is 0.210. The minimum atomic E-state index is -0.839. The van der Waals surface area contributed by atoms with E-state index in [0.717, 1.165) is 12.8 Å². The van der Waals surface area contributed by atoms with E-state index in [1.807, 2.05) is 6.07 Å². The zero-order valence-electron chi connectivity index (χ0n) is 14.1. The van der Waals surface area contributed by atoms with Gasteiger partial charge in [-0.25, -0.2) is 0 Å². The van der Waals surface area contributed by atoms with Crippen LogP contribution in [0.2, 0.25) is 13.3 Å². The van der Waals surface area contributed by atoms with Crippen LogP contribution in [0.3, 0.4) is 0 Å². The van der Waals surface area contributed by atoms with Gasteiger partial charge in [-0.05, 0) is 6.42 Å². The fourth-order valence-corrected chi connectivity index (χ4v) is 11.4. The number of unbranched alkanes of at least 4 members (excludes halogenated alkanes) is 5. The summed E-state index contributed by atoms with van der Waals surface area (Å²) in [6, 6.07) is 1.99. The predicted octanol–water partition coefficient (Wildman–Crippen LogP) is 6.40. The Kier molecular flexibility index (Phi) is 24.3. The summed E-state index contributed by atoms with van der Waals surface area (Å²) in [4.78, 5) is 0. The molecule has 0 heterocycles. The maximum absolute atomic E-state index is 8.18. The van der Waals surface area contributed by atoms with E-state index in [-0.39, 0.29) is 6.54 Å². The molecule has 117 valence electrons. The molecule has 0 aromatic heterocycles. The van der Waals surface area contributed by atoms with Crippen LogP contribution in [-0.4, -0.2) is 26.3 Å². The molecule has 0 aliphatic heterocycles. The Hall–Kier alpha value is 0.249. The zero-order chi connectivity index (χ0) is 15.5. The van der Waals surface area contributed by atoms with Gasteiger partial charge in [-0.3, -0.25) is 0 Å². The van der Waals surface area contributed by atoms with Gasteiger partial charge in [-0.2, -0.15) is 11.8 Å². The van der Waals surface area contributed by atoms with Gasteiger partial charge in [-0.15, -0.1) is 0 Å². The van der Waals surface area contributed by atoms with E-state index in [1.54, 1.807) is 13.3 Å². The maximum atomic E-state index is 8.18. The summed E-state index contributed by atoms with van der Waals surface area (Å²) in [5.41, 5.74) is 8.18. The molecule has 1 radical (unpaired) electrons. The fraction of sp³-hybridized carbons (Fsp3) is 0.941. The molecule has 0 aliphatic carbocycles. The molecular weight excluding hydrogens is 351 g/mol. The van der Waals surface area contributed by atoms with Crippen LogP contribution >= 0.6 is 0 Å². The molecule has 3 heteroatoms. The van der Waals surface area contributed by atoms with E-state index in [0.29, 0.717) is 6.42 Å². The van der Waals surface area contributed by atoms with Crippen LogP contribution in [0.1, 0.15) is 78.6 Å². The van der Waals surface area contributed by atoms with Crippen LogP contribution in [0, 0.1) is 11.3 Å². The molecule has 0 aromatic carbocycles. The smallest absolute Gasteiger partial charge is 0.0621 e. The number of nitriles is 1. The van der Waals surface area contributed by atoms with Crippen molar-refractivity contribution in [1.82, 2.24) is 0 Å². The second-order valence-electron chi connectivity index (χ2n) is 5.40. The third-order valence-corrected chi connectivity index (χ3v) is 12.4. The first-order valence-electron chi connectivity index (χ1n) is 8.58. The summed E-state index contributed by atoms with van der Waals surface area (Å²) in [6.07, 6.45) is 11.0. The topological polar surface area (TPSA) is 46.1 Å². The van der Waals surface area contributed by atoms with Crippen molar-refractivity contribution in [2.24, 2.45) is 0 Å². The van der Waals surface area contributed by atoms with Crippen molar-refractivity contribution >= 4 is 19.8 Å². The van der Waals surface area contributed by atoms with Gasteiger partial charge in [0.15, 0.2) is 0 Å². The monoisotopic (exact) mass is 387 g/mol. The van der Waals surface area contributed by atoms with Gasteiger partial charge in [0.2, 0.25) is 0 Å². The first kappa shape index (κ1) is 22.5. The normalized spacial score (nSPS) is 9.55. The molecule has 0 saturated carbocycles. The molecule has 0 fully saturated rings. The molecule has 0 aromatic rings.